The standard InChI is InChI=1S/3C5H8O2.Ce/c3*1-4(6)3-5(2)7;/h3*3,6H,1-2H3;/q;;;+3/p-3. The Labute approximate surface area is 165 Å². The van der Waals surface area contributed by atoms with Crippen LogP contribution in [0.1, 0.15) is 41.5 Å². The quantitative estimate of drug-likeness (QED) is 0.434. The van der Waals surface area contributed by atoms with Gasteiger partial charge in [0.25, 0.3) is 0 Å². The van der Waals surface area contributed by atoms with Crippen molar-refractivity contribution in [3.8, 4) is 0 Å². The molecule has 0 aliphatic heterocycles. The summed E-state index contributed by atoms with van der Waals surface area (Å²) in [6, 6.07) is 0. The van der Waals surface area contributed by atoms with Crippen LogP contribution in [0.4, 0.5) is 0 Å². The monoisotopic (exact) mass is 437 g/mol. The third-order valence-electron chi connectivity index (χ3n) is 1.22. The minimum Gasteiger partial charge on any atom is -0.876 e. The topological polar surface area (TPSA) is 120 Å². The van der Waals surface area contributed by atoms with Crippen molar-refractivity contribution in [1.82, 2.24) is 0 Å². The van der Waals surface area contributed by atoms with Crippen LogP contribution in [0.15, 0.2) is 35.5 Å². The molecule has 0 saturated heterocycles. The van der Waals surface area contributed by atoms with Crippen LogP contribution in [0.25, 0.3) is 0 Å². The predicted octanol–water partition coefficient (Wildman–Crippen LogP) is -0.481. The molecule has 0 aliphatic rings. The van der Waals surface area contributed by atoms with Crippen molar-refractivity contribution >= 4 is 17.3 Å². The smallest absolute Gasteiger partial charge is 0.876 e. The van der Waals surface area contributed by atoms with Crippen LogP contribution in [0, 0.1) is 41.7 Å². The van der Waals surface area contributed by atoms with Crippen LogP contribution in [0.2, 0.25) is 0 Å². The van der Waals surface area contributed by atoms with Gasteiger partial charge in [-0.2, -0.15) is 0 Å². The SMILES string of the molecule is CC(=O)C=C(C)[O-].CC(=O)C=C(C)[O-].CC(=O)C=C(C)[O-].[Ce+3]. The summed E-state index contributed by atoms with van der Waals surface area (Å²) in [5, 5.41) is 29.9. The van der Waals surface area contributed by atoms with Gasteiger partial charge in [-0.15, -0.1) is 17.3 Å². The summed E-state index contributed by atoms with van der Waals surface area (Å²) in [6.45, 7) is 8.09. The fraction of sp³-hybridized carbons (Fsp3) is 0.400. The van der Waals surface area contributed by atoms with Crippen molar-refractivity contribution in [1.29, 1.82) is 0 Å². The van der Waals surface area contributed by atoms with E-state index in [4.69, 9.17) is 0 Å². The van der Waals surface area contributed by atoms with E-state index in [1.165, 1.54) is 41.5 Å². The molecule has 0 bridgehead atoms. The molecular weight excluding hydrogens is 416 g/mol. The third-order valence-corrected chi connectivity index (χ3v) is 1.22. The maximum absolute atomic E-state index is 9.98. The summed E-state index contributed by atoms with van der Waals surface area (Å²) in [5.41, 5.74) is 0. The number of allylic oxidation sites excluding steroid dienone is 6. The molecule has 0 heterocycles. The van der Waals surface area contributed by atoms with E-state index in [0.29, 0.717) is 0 Å². The van der Waals surface area contributed by atoms with Gasteiger partial charge in [-0.05, 0) is 39.0 Å². The zero-order valence-electron chi connectivity index (χ0n) is 13.7. The van der Waals surface area contributed by atoms with Gasteiger partial charge in [0.15, 0.2) is 17.3 Å². The zero-order valence-corrected chi connectivity index (χ0v) is 16.8. The van der Waals surface area contributed by atoms with Crippen LogP contribution in [0.3, 0.4) is 0 Å². The van der Waals surface area contributed by atoms with E-state index in [9.17, 15) is 29.7 Å². The molecule has 0 unspecified atom stereocenters. The second-order valence-corrected chi connectivity index (χ2v) is 4.10. The number of rotatable bonds is 3. The molecule has 0 aromatic carbocycles. The first-order valence-electron chi connectivity index (χ1n) is 5.96. The molecule has 6 nitrogen and oxygen atoms in total. The maximum Gasteiger partial charge on any atom is 3.00 e. The minimum atomic E-state index is -0.187. The van der Waals surface area contributed by atoms with Crippen molar-refractivity contribution in [2.75, 3.05) is 0 Å². The molecular formula is C15H21CeO6. The van der Waals surface area contributed by atoms with E-state index in [1.54, 1.807) is 0 Å². The van der Waals surface area contributed by atoms with E-state index >= 15 is 0 Å². The first-order valence-corrected chi connectivity index (χ1v) is 5.96. The summed E-state index contributed by atoms with van der Waals surface area (Å²) in [4.78, 5) is 29.9. The molecule has 0 atom stereocenters. The molecule has 0 N–H and O–H groups in total. The average Bonchev–Trinajstić information content (AvgIpc) is 2.10. The van der Waals surface area contributed by atoms with Gasteiger partial charge >= 0.3 is 41.7 Å². The first kappa shape index (κ1) is 29.1. The third kappa shape index (κ3) is 50.9. The Bertz CT molecular complexity index is 368. The largest absolute Gasteiger partial charge is 3.00 e. The van der Waals surface area contributed by atoms with E-state index in [-0.39, 0.29) is 76.4 Å². The second-order valence-electron chi connectivity index (χ2n) is 4.10. The van der Waals surface area contributed by atoms with Crippen LogP contribution >= 0.6 is 0 Å². The molecule has 0 amide bonds. The fourth-order valence-electron chi connectivity index (χ4n) is 0.859. The average molecular weight is 437 g/mol. The normalized spacial score (nSPS) is 10.9. The van der Waals surface area contributed by atoms with Gasteiger partial charge in [-0.3, -0.25) is 14.4 Å². The predicted molar refractivity (Wildman–Crippen MR) is 73.3 cm³/mol. The summed E-state index contributed by atoms with van der Waals surface area (Å²) >= 11 is 0. The van der Waals surface area contributed by atoms with E-state index < -0.39 is 0 Å². The molecule has 0 aromatic rings. The summed E-state index contributed by atoms with van der Waals surface area (Å²) in [7, 11) is 0. The zero-order chi connectivity index (χ0) is 17.6. The van der Waals surface area contributed by atoms with Gasteiger partial charge in [-0.25, -0.2) is 0 Å². The van der Waals surface area contributed by atoms with Crippen molar-refractivity contribution in [2.45, 2.75) is 41.5 Å². The van der Waals surface area contributed by atoms with Gasteiger partial charge in [0.1, 0.15) is 0 Å². The number of carbonyl (C=O) groups excluding carboxylic acids is 3. The molecule has 0 spiro atoms. The van der Waals surface area contributed by atoms with Gasteiger partial charge in [-0.1, -0.05) is 20.8 Å². The Balaban J connectivity index is -0.000000108. The Morgan fingerprint density at radius 3 is 0.682 bits per heavy atom. The van der Waals surface area contributed by atoms with Gasteiger partial charge < -0.3 is 15.3 Å². The van der Waals surface area contributed by atoms with Crippen molar-refractivity contribution in [3.05, 3.63) is 35.5 Å². The fourth-order valence-corrected chi connectivity index (χ4v) is 0.859. The van der Waals surface area contributed by atoms with Crippen molar-refractivity contribution in [2.24, 2.45) is 0 Å². The van der Waals surface area contributed by atoms with Crippen molar-refractivity contribution in [3.63, 3.8) is 0 Å². The minimum absolute atomic E-state index is 0. The van der Waals surface area contributed by atoms with Crippen LogP contribution in [-0.4, -0.2) is 17.3 Å². The van der Waals surface area contributed by atoms with Crippen LogP contribution in [0.5, 0.6) is 0 Å². The molecule has 22 heavy (non-hydrogen) atoms. The second kappa shape index (κ2) is 18.1. The Morgan fingerprint density at radius 1 is 0.545 bits per heavy atom. The maximum atomic E-state index is 9.98. The van der Waals surface area contributed by atoms with Gasteiger partial charge in [0, 0.05) is 0 Å². The summed E-state index contributed by atoms with van der Waals surface area (Å²) < 4.78 is 0. The van der Waals surface area contributed by atoms with Crippen LogP contribution in [-0.2, 0) is 14.4 Å². The Kier molecular flexibility index (Phi) is 23.9. The molecule has 0 fully saturated rings. The number of ketones is 3. The molecule has 0 saturated carbocycles. The van der Waals surface area contributed by atoms with E-state index in [2.05, 4.69) is 0 Å². The Hall–Kier alpha value is -0.993. The van der Waals surface area contributed by atoms with Crippen LogP contribution < -0.4 is 15.3 Å². The molecule has 0 rings (SSSR count). The van der Waals surface area contributed by atoms with Crippen molar-refractivity contribution < 1.29 is 71.5 Å². The number of carbonyl (C=O) groups is 3. The van der Waals surface area contributed by atoms with Gasteiger partial charge in [0.2, 0.25) is 0 Å². The molecule has 0 aliphatic carbocycles. The van der Waals surface area contributed by atoms with E-state index in [1.807, 2.05) is 0 Å². The summed E-state index contributed by atoms with van der Waals surface area (Å²) in [6.07, 6.45) is 3.17. The van der Waals surface area contributed by atoms with Gasteiger partial charge in [0.05, 0.1) is 0 Å². The summed E-state index contributed by atoms with van der Waals surface area (Å²) in [5.74, 6) is -1.12. The number of hydrogen-bond donors (Lipinski definition) is 0. The molecule has 0 aromatic heterocycles. The molecule has 1 radical (unpaired) electrons. The first-order chi connectivity index (χ1) is 9.38. The number of hydrogen-bond acceptors (Lipinski definition) is 6. The molecule has 121 valence electrons. The molecule has 7 heteroatoms. The van der Waals surface area contributed by atoms with E-state index in [0.717, 1.165) is 18.2 Å². The Morgan fingerprint density at radius 2 is 0.682 bits per heavy atom.